The third kappa shape index (κ3) is 4.91. The quantitative estimate of drug-likeness (QED) is 0.180. The smallest absolute Gasteiger partial charge is 0.0715 e. The lowest BCUT2D eigenvalue weighted by atomic mass is 9.67. The van der Waals surface area contributed by atoms with Gasteiger partial charge in [-0.25, -0.2) is 4.98 Å². The van der Waals surface area contributed by atoms with E-state index in [0.29, 0.717) is 0 Å². The van der Waals surface area contributed by atoms with Crippen molar-refractivity contribution in [3.05, 3.63) is 222 Å². The monoisotopic (exact) mass is 623 g/mol. The fourth-order valence-corrected chi connectivity index (χ4v) is 7.72. The summed E-state index contributed by atoms with van der Waals surface area (Å²) in [5.74, 6) is 0. The number of pyridine rings is 1. The minimum Gasteiger partial charge on any atom is -0.248 e. The molecule has 0 unspecified atom stereocenters. The number of hydrogen-bond donors (Lipinski definition) is 0. The van der Waals surface area contributed by atoms with Crippen LogP contribution in [0.1, 0.15) is 22.3 Å². The molecule has 1 aromatic heterocycles. The molecule has 0 spiro atoms. The standard InChI is InChI=1S/C48H33N/c1-4-15-34(16-5-1)39-32-46(36-17-6-2-7-18-36)49-47(33-39)38-20-14-19-37(31-38)35-27-29-41(30-28-35)48(40-21-8-3-9-22-40)44-25-12-10-23-42(44)43-24-11-13-26-45(43)48/h1-33H. The SMILES string of the molecule is c1ccc(-c2cc(-c3ccccc3)nc(-c3cccc(-c4ccc(C5(c6ccccc6)c6ccccc6-c6ccccc65)cc4)c3)c2)cc1. The molecule has 1 aliphatic carbocycles. The minimum atomic E-state index is -0.398. The number of aromatic nitrogens is 1. The number of benzene rings is 7. The zero-order chi connectivity index (χ0) is 32.6. The van der Waals surface area contributed by atoms with Gasteiger partial charge in [-0.3, -0.25) is 0 Å². The van der Waals surface area contributed by atoms with Crippen LogP contribution in [0.25, 0.3) is 55.9 Å². The van der Waals surface area contributed by atoms with Crippen molar-refractivity contribution in [1.82, 2.24) is 4.98 Å². The number of fused-ring (bicyclic) bond motifs is 3. The Kier molecular flexibility index (Phi) is 7.10. The van der Waals surface area contributed by atoms with Crippen molar-refractivity contribution in [2.45, 2.75) is 5.41 Å². The Labute approximate surface area is 287 Å². The van der Waals surface area contributed by atoms with Crippen LogP contribution in [-0.2, 0) is 5.41 Å². The summed E-state index contributed by atoms with van der Waals surface area (Å²) < 4.78 is 0. The molecule has 0 N–H and O–H groups in total. The molecule has 8 aromatic rings. The molecule has 0 saturated carbocycles. The summed E-state index contributed by atoms with van der Waals surface area (Å²) in [6.07, 6.45) is 0. The molecule has 0 bridgehead atoms. The second-order valence-electron chi connectivity index (χ2n) is 12.7. The molecule has 49 heavy (non-hydrogen) atoms. The largest absolute Gasteiger partial charge is 0.248 e. The van der Waals surface area contributed by atoms with E-state index in [0.717, 1.165) is 28.1 Å². The maximum atomic E-state index is 5.19. The maximum Gasteiger partial charge on any atom is 0.0715 e. The average Bonchev–Trinajstić information content (AvgIpc) is 3.50. The van der Waals surface area contributed by atoms with E-state index in [1.165, 1.54) is 50.1 Å². The highest BCUT2D eigenvalue weighted by atomic mass is 14.7. The van der Waals surface area contributed by atoms with Crippen LogP contribution in [0.3, 0.4) is 0 Å². The summed E-state index contributed by atoms with van der Waals surface area (Å²) in [5, 5.41) is 0. The van der Waals surface area contributed by atoms with E-state index < -0.39 is 5.41 Å². The fraction of sp³-hybridized carbons (Fsp3) is 0.0208. The van der Waals surface area contributed by atoms with Crippen LogP contribution in [0, 0.1) is 0 Å². The predicted molar refractivity (Wildman–Crippen MR) is 203 cm³/mol. The first-order valence-electron chi connectivity index (χ1n) is 16.9. The third-order valence-corrected chi connectivity index (χ3v) is 9.97. The van der Waals surface area contributed by atoms with Crippen LogP contribution in [0.2, 0.25) is 0 Å². The van der Waals surface area contributed by atoms with Crippen LogP contribution in [0.15, 0.2) is 200 Å². The molecule has 1 nitrogen and oxygen atoms in total. The van der Waals surface area contributed by atoms with Gasteiger partial charge in [-0.2, -0.15) is 0 Å². The number of nitrogens with zero attached hydrogens (tertiary/aromatic N) is 1. The van der Waals surface area contributed by atoms with Crippen LogP contribution in [0.5, 0.6) is 0 Å². The third-order valence-electron chi connectivity index (χ3n) is 9.97. The minimum absolute atomic E-state index is 0.398. The van der Waals surface area contributed by atoms with Gasteiger partial charge in [0, 0.05) is 11.1 Å². The molecule has 0 aliphatic heterocycles. The first-order chi connectivity index (χ1) is 24.3. The van der Waals surface area contributed by atoms with Gasteiger partial charge in [0.05, 0.1) is 16.8 Å². The Hall–Kier alpha value is -6.31. The predicted octanol–water partition coefficient (Wildman–Crippen LogP) is 12.1. The van der Waals surface area contributed by atoms with Gasteiger partial charge in [-0.15, -0.1) is 0 Å². The molecular weight excluding hydrogens is 591 g/mol. The van der Waals surface area contributed by atoms with Crippen LogP contribution >= 0.6 is 0 Å². The van der Waals surface area contributed by atoms with Crippen LogP contribution < -0.4 is 0 Å². The molecule has 1 heteroatoms. The van der Waals surface area contributed by atoms with Gasteiger partial charge in [-0.05, 0) is 73.8 Å². The summed E-state index contributed by atoms with van der Waals surface area (Å²) in [6, 6.07) is 72.2. The van der Waals surface area contributed by atoms with Crippen LogP contribution in [-0.4, -0.2) is 4.98 Å². The van der Waals surface area contributed by atoms with Crippen molar-refractivity contribution < 1.29 is 0 Å². The topological polar surface area (TPSA) is 12.9 Å². The van der Waals surface area contributed by atoms with Gasteiger partial charge < -0.3 is 0 Å². The van der Waals surface area contributed by atoms with Crippen molar-refractivity contribution in [1.29, 1.82) is 0 Å². The van der Waals surface area contributed by atoms with E-state index >= 15 is 0 Å². The molecule has 0 fully saturated rings. The highest BCUT2D eigenvalue weighted by Gasteiger charge is 2.45. The molecule has 0 saturated heterocycles. The first-order valence-corrected chi connectivity index (χ1v) is 16.9. The summed E-state index contributed by atoms with van der Waals surface area (Å²) in [4.78, 5) is 5.19. The highest BCUT2D eigenvalue weighted by Crippen LogP contribution is 2.56. The highest BCUT2D eigenvalue weighted by molar-refractivity contribution is 5.86. The van der Waals surface area contributed by atoms with Crippen molar-refractivity contribution in [3.8, 4) is 55.9 Å². The van der Waals surface area contributed by atoms with E-state index in [1.807, 2.05) is 6.07 Å². The Morgan fingerprint density at radius 3 is 1.37 bits per heavy atom. The number of hydrogen-bond acceptors (Lipinski definition) is 1. The van der Waals surface area contributed by atoms with Gasteiger partial charge in [0.15, 0.2) is 0 Å². The molecule has 0 amide bonds. The average molecular weight is 624 g/mol. The molecule has 0 atom stereocenters. The molecule has 9 rings (SSSR count). The van der Waals surface area contributed by atoms with E-state index in [1.54, 1.807) is 0 Å². The Bertz CT molecular complexity index is 2310. The lowest BCUT2D eigenvalue weighted by molar-refractivity contribution is 0.768. The summed E-state index contributed by atoms with van der Waals surface area (Å²) in [5.41, 5.74) is 16.2. The second-order valence-corrected chi connectivity index (χ2v) is 12.7. The van der Waals surface area contributed by atoms with Gasteiger partial charge in [0.25, 0.3) is 0 Å². The first kappa shape index (κ1) is 28.9. The van der Waals surface area contributed by atoms with E-state index in [9.17, 15) is 0 Å². The second kappa shape index (κ2) is 12.0. The Morgan fingerprint density at radius 2 is 0.735 bits per heavy atom. The molecular formula is C48H33N. The number of rotatable bonds is 6. The van der Waals surface area contributed by atoms with E-state index in [2.05, 4.69) is 194 Å². The van der Waals surface area contributed by atoms with Crippen molar-refractivity contribution in [3.63, 3.8) is 0 Å². The summed E-state index contributed by atoms with van der Waals surface area (Å²) in [6.45, 7) is 0. The van der Waals surface area contributed by atoms with E-state index in [4.69, 9.17) is 4.98 Å². The summed E-state index contributed by atoms with van der Waals surface area (Å²) >= 11 is 0. The van der Waals surface area contributed by atoms with Crippen LogP contribution in [0.4, 0.5) is 0 Å². The zero-order valence-electron chi connectivity index (χ0n) is 27.0. The molecule has 7 aromatic carbocycles. The lowest BCUT2D eigenvalue weighted by Crippen LogP contribution is -2.28. The fourth-order valence-electron chi connectivity index (χ4n) is 7.72. The maximum absolute atomic E-state index is 5.19. The van der Waals surface area contributed by atoms with Crippen molar-refractivity contribution in [2.75, 3.05) is 0 Å². The molecule has 1 heterocycles. The van der Waals surface area contributed by atoms with Gasteiger partial charge in [0.2, 0.25) is 0 Å². The van der Waals surface area contributed by atoms with Gasteiger partial charge in [0.1, 0.15) is 0 Å². The Balaban J connectivity index is 1.15. The van der Waals surface area contributed by atoms with Gasteiger partial charge in [-0.1, -0.05) is 182 Å². The zero-order valence-corrected chi connectivity index (χ0v) is 27.0. The van der Waals surface area contributed by atoms with Gasteiger partial charge >= 0.3 is 0 Å². The van der Waals surface area contributed by atoms with Crippen molar-refractivity contribution in [2.24, 2.45) is 0 Å². The lowest BCUT2D eigenvalue weighted by Gasteiger charge is -2.34. The molecule has 1 aliphatic rings. The molecule has 230 valence electrons. The van der Waals surface area contributed by atoms with E-state index in [-0.39, 0.29) is 0 Å². The van der Waals surface area contributed by atoms with Crippen molar-refractivity contribution >= 4 is 0 Å². The summed E-state index contributed by atoms with van der Waals surface area (Å²) in [7, 11) is 0. The molecule has 0 radical (unpaired) electrons. The Morgan fingerprint density at radius 1 is 0.286 bits per heavy atom. The normalized spacial score (nSPS) is 12.7.